The van der Waals surface area contributed by atoms with Gasteiger partial charge in [-0.05, 0) is 79.0 Å². The zero-order valence-electron chi connectivity index (χ0n) is 21.2. The van der Waals surface area contributed by atoms with E-state index in [1.165, 1.54) is 99.3 Å². The topological polar surface area (TPSA) is 23.8 Å². The van der Waals surface area contributed by atoms with Crippen molar-refractivity contribution in [1.82, 2.24) is 0 Å². The van der Waals surface area contributed by atoms with E-state index in [0.717, 1.165) is 12.8 Å². The van der Waals surface area contributed by atoms with Crippen LogP contribution in [0.5, 0.6) is 0 Å². The van der Waals surface area contributed by atoms with Crippen LogP contribution in [-0.4, -0.2) is 0 Å². The maximum absolute atomic E-state index is 9.80. The van der Waals surface area contributed by atoms with Crippen LogP contribution in [0.25, 0.3) is 11.1 Å². The van der Waals surface area contributed by atoms with E-state index in [1.54, 1.807) is 0 Å². The Morgan fingerprint density at radius 3 is 2.03 bits per heavy atom. The number of benzene rings is 2. The number of aryl methyl sites for hydroxylation is 1. The van der Waals surface area contributed by atoms with Gasteiger partial charge in [0.2, 0.25) is 0 Å². The molecule has 1 unspecified atom stereocenters. The van der Waals surface area contributed by atoms with Crippen molar-refractivity contribution >= 4 is 0 Å². The third-order valence-corrected chi connectivity index (χ3v) is 7.84. The molecule has 0 radical (unpaired) electrons. The predicted molar refractivity (Wildman–Crippen MR) is 142 cm³/mol. The van der Waals surface area contributed by atoms with Gasteiger partial charge >= 0.3 is 0 Å². The number of hydrogen-bond acceptors (Lipinski definition) is 1. The van der Waals surface area contributed by atoms with Crippen molar-refractivity contribution in [2.24, 2.45) is 11.8 Å². The average molecular weight is 444 g/mol. The first kappa shape index (κ1) is 25.6. The van der Waals surface area contributed by atoms with Gasteiger partial charge in [-0.15, -0.1) is 0 Å². The summed E-state index contributed by atoms with van der Waals surface area (Å²) >= 11 is 0. The SMILES string of the molecule is CCCCCCc1ccc(-c2ccc([C@H](CCC)CCC(C#N)C3CCCCC3)cc2)cc1. The second-order valence-electron chi connectivity index (χ2n) is 10.3. The van der Waals surface area contributed by atoms with E-state index in [-0.39, 0.29) is 5.92 Å². The predicted octanol–water partition coefficient (Wildman–Crippen LogP) is 9.86. The van der Waals surface area contributed by atoms with Crippen molar-refractivity contribution < 1.29 is 0 Å². The first-order chi connectivity index (χ1) is 16.2. The molecule has 1 aliphatic rings. The lowest BCUT2D eigenvalue weighted by Gasteiger charge is -2.27. The third kappa shape index (κ3) is 8.03. The van der Waals surface area contributed by atoms with E-state index in [0.29, 0.717) is 11.8 Å². The lowest BCUT2D eigenvalue weighted by Crippen LogP contribution is -2.17. The van der Waals surface area contributed by atoms with Crippen LogP contribution in [0.3, 0.4) is 0 Å². The van der Waals surface area contributed by atoms with Gasteiger partial charge in [0.1, 0.15) is 0 Å². The van der Waals surface area contributed by atoms with Crippen molar-refractivity contribution in [1.29, 1.82) is 5.26 Å². The van der Waals surface area contributed by atoms with Crippen molar-refractivity contribution in [2.45, 2.75) is 110 Å². The van der Waals surface area contributed by atoms with Gasteiger partial charge in [0.15, 0.2) is 0 Å². The molecule has 178 valence electrons. The van der Waals surface area contributed by atoms with E-state index in [4.69, 9.17) is 0 Å². The van der Waals surface area contributed by atoms with Crippen molar-refractivity contribution in [3.8, 4) is 17.2 Å². The Morgan fingerprint density at radius 2 is 1.42 bits per heavy atom. The number of rotatable bonds is 13. The molecule has 0 aromatic heterocycles. The maximum Gasteiger partial charge on any atom is 0.0658 e. The van der Waals surface area contributed by atoms with E-state index in [1.807, 2.05) is 0 Å². The van der Waals surface area contributed by atoms with Gasteiger partial charge < -0.3 is 0 Å². The molecule has 0 N–H and O–H groups in total. The standard InChI is InChI=1S/C32H45N/c1-3-5-6-8-12-26-15-17-29(18-16-26)31-21-19-30(20-22-31)27(11-4-2)23-24-32(25-33)28-13-9-7-10-14-28/h15-22,27-28,32H,3-14,23-24H2,1-2H3/t27-,32?/m1/s1. The Balaban J connectivity index is 1.58. The molecule has 1 saturated carbocycles. The highest BCUT2D eigenvalue weighted by Crippen LogP contribution is 2.36. The van der Waals surface area contributed by atoms with E-state index < -0.39 is 0 Å². The Hall–Kier alpha value is -2.07. The summed E-state index contributed by atoms with van der Waals surface area (Å²) in [4.78, 5) is 0. The molecule has 0 aliphatic heterocycles. The van der Waals surface area contributed by atoms with Crippen molar-refractivity contribution in [2.75, 3.05) is 0 Å². The van der Waals surface area contributed by atoms with E-state index in [2.05, 4.69) is 68.4 Å². The molecule has 1 heteroatoms. The molecule has 0 amide bonds. The minimum absolute atomic E-state index is 0.254. The first-order valence-electron chi connectivity index (χ1n) is 13.8. The number of hydrogen-bond donors (Lipinski definition) is 0. The lowest BCUT2D eigenvalue weighted by molar-refractivity contribution is 0.272. The molecule has 1 nitrogen and oxygen atoms in total. The third-order valence-electron chi connectivity index (χ3n) is 7.84. The monoisotopic (exact) mass is 443 g/mol. The maximum atomic E-state index is 9.80. The molecule has 0 heterocycles. The molecule has 0 spiro atoms. The molecule has 2 aromatic rings. The van der Waals surface area contributed by atoms with Crippen LogP contribution in [0.15, 0.2) is 48.5 Å². The lowest BCUT2D eigenvalue weighted by atomic mass is 9.77. The first-order valence-corrected chi connectivity index (χ1v) is 13.8. The van der Waals surface area contributed by atoms with Gasteiger partial charge in [-0.2, -0.15) is 5.26 Å². The summed E-state index contributed by atoms with van der Waals surface area (Å²) in [5.74, 6) is 1.47. The summed E-state index contributed by atoms with van der Waals surface area (Å²) < 4.78 is 0. The van der Waals surface area contributed by atoms with Gasteiger partial charge in [-0.1, -0.05) is 107 Å². The highest BCUT2D eigenvalue weighted by molar-refractivity contribution is 5.64. The van der Waals surface area contributed by atoms with Crippen molar-refractivity contribution in [3.63, 3.8) is 0 Å². The number of nitrogens with zero attached hydrogens (tertiary/aromatic N) is 1. The molecular formula is C32H45N. The van der Waals surface area contributed by atoms with Crippen molar-refractivity contribution in [3.05, 3.63) is 59.7 Å². The largest absolute Gasteiger partial charge is 0.198 e. The van der Waals surface area contributed by atoms with E-state index in [9.17, 15) is 5.26 Å². The fourth-order valence-corrected chi connectivity index (χ4v) is 5.72. The summed E-state index contributed by atoms with van der Waals surface area (Å²) in [5, 5.41) is 9.80. The Labute approximate surface area is 203 Å². The summed E-state index contributed by atoms with van der Waals surface area (Å²) in [6.07, 6.45) is 17.7. The molecule has 2 atom stereocenters. The van der Waals surface area contributed by atoms with Gasteiger partial charge in [0.25, 0.3) is 0 Å². The molecule has 0 bridgehead atoms. The summed E-state index contributed by atoms with van der Waals surface area (Å²) in [6, 6.07) is 21.2. The molecule has 3 rings (SSSR count). The van der Waals surface area contributed by atoms with Crippen LogP contribution in [0.2, 0.25) is 0 Å². The molecule has 2 aromatic carbocycles. The smallest absolute Gasteiger partial charge is 0.0658 e. The second kappa shape index (κ2) is 14.2. The number of unbranched alkanes of at least 4 members (excludes halogenated alkanes) is 3. The van der Waals surface area contributed by atoms with Crippen LogP contribution in [0.1, 0.15) is 114 Å². The molecule has 1 aliphatic carbocycles. The van der Waals surface area contributed by atoms with Gasteiger partial charge in [-0.3, -0.25) is 0 Å². The Kier molecular flexibility index (Phi) is 11.0. The molecule has 1 fully saturated rings. The minimum Gasteiger partial charge on any atom is -0.198 e. The normalized spacial score (nSPS) is 16.3. The molecule has 0 saturated heterocycles. The van der Waals surface area contributed by atoms with Crippen LogP contribution < -0.4 is 0 Å². The average Bonchev–Trinajstić information content (AvgIpc) is 2.87. The quantitative estimate of drug-likeness (QED) is 0.282. The number of nitriles is 1. The van der Waals surface area contributed by atoms with E-state index >= 15 is 0 Å². The summed E-state index contributed by atoms with van der Waals surface area (Å²) in [7, 11) is 0. The molecule has 33 heavy (non-hydrogen) atoms. The molecular weight excluding hydrogens is 398 g/mol. The zero-order chi connectivity index (χ0) is 23.3. The Morgan fingerprint density at radius 1 is 0.758 bits per heavy atom. The summed E-state index contributed by atoms with van der Waals surface area (Å²) in [6.45, 7) is 4.55. The van der Waals surface area contributed by atoms with Crippen LogP contribution in [0, 0.1) is 23.2 Å². The highest BCUT2D eigenvalue weighted by Gasteiger charge is 2.24. The fraction of sp³-hybridized carbons (Fsp3) is 0.594. The zero-order valence-corrected chi connectivity index (χ0v) is 21.2. The summed E-state index contributed by atoms with van der Waals surface area (Å²) in [5.41, 5.74) is 5.53. The van der Waals surface area contributed by atoms with Crippen LogP contribution in [-0.2, 0) is 6.42 Å². The Bertz CT molecular complexity index is 820. The van der Waals surface area contributed by atoms with Gasteiger partial charge in [0.05, 0.1) is 6.07 Å². The fourth-order valence-electron chi connectivity index (χ4n) is 5.72. The van der Waals surface area contributed by atoms with Gasteiger partial charge in [-0.25, -0.2) is 0 Å². The van der Waals surface area contributed by atoms with Gasteiger partial charge in [0, 0.05) is 5.92 Å². The second-order valence-corrected chi connectivity index (χ2v) is 10.3. The van der Waals surface area contributed by atoms with Crippen LogP contribution in [0.4, 0.5) is 0 Å². The highest BCUT2D eigenvalue weighted by atomic mass is 14.3. The minimum atomic E-state index is 0.254. The van der Waals surface area contributed by atoms with Crippen LogP contribution >= 0.6 is 0 Å².